The van der Waals surface area contributed by atoms with Crippen molar-refractivity contribution in [3.8, 4) is 11.4 Å². The molecule has 43 heavy (non-hydrogen) atoms. The van der Waals surface area contributed by atoms with Crippen LogP contribution in [-0.4, -0.2) is 41.0 Å². The second kappa shape index (κ2) is 12.2. The van der Waals surface area contributed by atoms with Crippen LogP contribution in [0.15, 0.2) is 78.9 Å². The molecule has 2 unspecified atom stereocenters. The van der Waals surface area contributed by atoms with E-state index in [2.05, 4.69) is 27.4 Å². The van der Waals surface area contributed by atoms with Gasteiger partial charge in [0.25, 0.3) is 5.91 Å². The fourth-order valence-electron chi connectivity index (χ4n) is 5.58. The molecule has 3 aromatic carbocycles. The van der Waals surface area contributed by atoms with E-state index in [9.17, 15) is 14.4 Å². The largest absolute Gasteiger partial charge is 0.465 e. The van der Waals surface area contributed by atoms with Gasteiger partial charge in [0, 0.05) is 10.4 Å². The highest BCUT2D eigenvalue weighted by Gasteiger charge is 2.32. The fourth-order valence-corrected chi connectivity index (χ4v) is 6.90. The smallest absolute Gasteiger partial charge is 0.341 e. The Morgan fingerprint density at radius 1 is 1.02 bits per heavy atom. The van der Waals surface area contributed by atoms with Crippen LogP contribution < -0.4 is 5.32 Å². The molecule has 5 aromatic rings. The molecule has 0 bridgehead atoms. The van der Waals surface area contributed by atoms with Crippen molar-refractivity contribution in [3.63, 3.8) is 0 Å². The van der Waals surface area contributed by atoms with E-state index in [-0.39, 0.29) is 6.42 Å². The summed E-state index contributed by atoms with van der Waals surface area (Å²) in [6.45, 7) is 1.77. The lowest BCUT2D eigenvalue weighted by Crippen LogP contribution is -2.32. The Bertz CT molecular complexity index is 1800. The van der Waals surface area contributed by atoms with Crippen LogP contribution in [0.25, 0.3) is 22.4 Å². The number of fused-ring (bicyclic) bond motifs is 2. The van der Waals surface area contributed by atoms with E-state index in [0.29, 0.717) is 45.3 Å². The third-order valence-electron chi connectivity index (χ3n) is 7.84. The third kappa shape index (κ3) is 5.81. The van der Waals surface area contributed by atoms with Gasteiger partial charge in [0.2, 0.25) is 0 Å². The molecule has 2 atom stereocenters. The minimum Gasteiger partial charge on any atom is -0.465 e. The molecule has 1 amide bonds. The van der Waals surface area contributed by atoms with Crippen molar-refractivity contribution < 1.29 is 23.9 Å². The number of hydrogen-bond donors (Lipinski definition) is 2. The second-order valence-corrected chi connectivity index (χ2v) is 11.6. The minimum atomic E-state index is -1.05. The number of benzene rings is 3. The van der Waals surface area contributed by atoms with Crippen LogP contribution in [0.2, 0.25) is 0 Å². The monoisotopic (exact) mass is 593 g/mol. The number of amides is 1. The molecule has 0 saturated carbocycles. The molecule has 6 rings (SSSR count). The molecule has 0 aliphatic heterocycles. The molecule has 0 saturated heterocycles. The van der Waals surface area contributed by atoms with Crippen molar-refractivity contribution >= 4 is 45.2 Å². The zero-order chi connectivity index (χ0) is 29.9. The van der Waals surface area contributed by atoms with Crippen LogP contribution in [0.5, 0.6) is 0 Å². The zero-order valence-corrected chi connectivity index (χ0v) is 24.7. The number of esters is 2. The average molecular weight is 594 g/mol. The maximum Gasteiger partial charge on any atom is 0.341 e. The van der Waals surface area contributed by atoms with Gasteiger partial charge >= 0.3 is 11.9 Å². The van der Waals surface area contributed by atoms with E-state index < -0.39 is 23.9 Å². The molecule has 218 valence electrons. The maximum atomic E-state index is 13.4. The quantitative estimate of drug-likeness (QED) is 0.189. The van der Waals surface area contributed by atoms with Crippen molar-refractivity contribution in [2.75, 3.05) is 12.4 Å². The molecule has 2 N–H and O–H groups in total. The van der Waals surface area contributed by atoms with E-state index in [1.165, 1.54) is 24.0 Å². The Kier molecular flexibility index (Phi) is 8.07. The lowest BCUT2D eigenvalue weighted by molar-refractivity contribution is -0.124. The van der Waals surface area contributed by atoms with Crippen molar-refractivity contribution in [2.45, 2.75) is 44.6 Å². The number of aromatic amines is 1. The summed E-state index contributed by atoms with van der Waals surface area (Å²) in [5.74, 6) is -0.570. The van der Waals surface area contributed by atoms with E-state index in [4.69, 9.17) is 9.47 Å². The van der Waals surface area contributed by atoms with Crippen molar-refractivity contribution in [1.29, 1.82) is 0 Å². The van der Waals surface area contributed by atoms with Gasteiger partial charge in [-0.25, -0.2) is 14.6 Å². The molecule has 8 nitrogen and oxygen atoms in total. The summed E-state index contributed by atoms with van der Waals surface area (Å²) in [6.07, 6.45) is 1.59. The topological polar surface area (TPSA) is 110 Å². The highest BCUT2D eigenvalue weighted by atomic mass is 32.1. The molecule has 1 aliphatic carbocycles. The predicted molar refractivity (Wildman–Crippen MR) is 167 cm³/mol. The first-order valence-corrected chi connectivity index (χ1v) is 15.1. The van der Waals surface area contributed by atoms with Crippen molar-refractivity contribution in [3.05, 3.63) is 106 Å². The van der Waals surface area contributed by atoms with E-state index in [0.717, 1.165) is 28.8 Å². The number of aromatic nitrogens is 2. The van der Waals surface area contributed by atoms with Crippen LogP contribution in [0.3, 0.4) is 0 Å². The molecular weight excluding hydrogens is 562 g/mol. The molecule has 9 heteroatoms. The third-order valence-corrected chi connectivity index (χ3v) is 9.01. The first-order valence-electron chi connectivity index (χ1n) is 14.3. The first-order chi connectivity index (χ1) is 20.9. The molecule has 0 fully saturated rings. The van der Waals surface area contributed by atoms with E-state index in [1.54, 1.807) is 25.1 Å². The van der Waals surface area contributed by atoms with Gasteiger partial charge in [-0.2, -0.15) is 0 Å². The standard InChI is InChI=1S/C34H31N3O5S/c1-3-27(42-33(39)23-15-17-25-26(18-23)36-30(35-25)21-12-8-5-9-13-21)31(38)37-32-29(34(40)41-2)24-16-14-22(19-28(24)43-32)20-10-6-4-7-11-20/h4-13,15,17-18,22,27H,3,14,16,19H2,1-2H3,(H,35,36)(H,37,38). The maximum absolute atomic E-state index is 13.4. The van der Waals surface area contributed by atoms with Gasteiger partial charge in [-0.05, 0) is 60.9 Å². The SMILES string of the molecule is CCC(OC(=O)c1ccc2nc(-c3ccccc3)[nH]c2c1)C(=O)Nc1sc2c(c1C(=O)OC)CCC(c1ccccc1)C2. The van der Waals surface area contributed by atoms with Crippen LogP contribution in [0.1, 0.15) is 62.4 Å². The first kappa shape index (κ1) is 28.4. The Balaban J connectivity index is 1.19. The summed E-state index contributed by atoms with van der Waals surface area (Å²) in [5.41, 5.74) is 5.21. The lowest BCUT2D eigenvalue weighted by Gasteiger charge is -2.22. The van der Waals surface area contributed by atoms with Gasteiger partial charge in [-0.3, -0.25) is 4.79 Å². The number of ether oxygens (including phenoxy) is 2. The summed E-state index contributed by atoms with van der Waals surface area (Å²) in [4.78, 5) is 48.3. The summed E-state index contributed by atoms with van der Waals surface area (Å²) < 4.78 is 10.8. The summed E-state index contributed by atoms with van der Waals surface area (Å²) in [6, 6.07) is 25.1. The molecule has 2 aromatic heterocycles. The van der Waals surface area contributed by atoms with Crippen LogP contribution in [0.4, 0.5) is 5.00 Å². The van der Waals surface area contributed by atoms with Gasteiger partial charge in [0.15, 0.2) is 6.10 Å². The lowest BCUT2D eigenvalue weighted by atomic mass is 9.83. The zero-order valence-electron chi connectivity index (χ0n) is 23.9. The Hall–Kier alpha value is -4.76. The van der Waals surface area contributed by atoms with E-state index in [1.807, 2.05) is 48.5 Å². The minimum absolute atomic E-state index is 0.261. The van der Waals surface area contributed by atoms with Gasteiger partial charge in [0.1, 0.15) is 10.8 Å². The van der Waals surface area contributed by atoms with Gasteiger partial charge in [0.05, 0.1) is 29.3 Å². The second-order valence-electron chi connectivity index (χ2n) is 10.5. The molecule has 1 aliphatic rings. The molecule has 0 spiro atoms. The van der Waals surface area contributed by atoms with Crippen LogP contribution in [-0.2, 0) is 27.1 Å². The predicted octanol–water partition coefficient (Wildman–Crippen LogP) is 6.92. The van der Waals surface area contributed by atoms with E-state index >= 15 is 0 Å². The highest BCUT2D eigenvalue weighted by molar-refractivity contribution is 7.17. The average Bonchev–Trinajstić information content (AvgIpc) is 3.64. The number of nitrogens with zero attached hydrogens (tertiary/aromatic N) is 1. The number of anilines is 1. The number of thiophene rings is 1. The number of carbonyl (C=O) groups is 3. The number of H-pyrrole nitrogens is 1. The molecule has 0 radical (unpaired) electrons. The highest BCUT2D eigenvalue weighted by Crippen LogP contribution is 2.43. The van der Waals surface area contributed by atoms with Crippen LogP contribution >= 0.6 is 11.3 Å². The number of nitrogens with one attached hydrogen (secondary N) is 2. The fraction of sp³-hybridized carbons (Fsp3) is 0.235. The summed E-state index contributed by atoms with van der Waals surface area (Å²) in [5, 5.41) is 3.31. The Morgan fingerprint density at radius 2 is 1.77 bits per heavy atom. The summed E-state index contributed by atoms with van der Waals surface area (Å²) >= 11 is 1.39. The van der Waals surface area contributed by atoms with Gasteiger partial charge < -0.3 is 19.8 Å². The molecular formula is C34H31N3O5S. The number of rotatable bonds is 8. The van der Waals surface area contributed by atoms with Crippen LogP contribution in [0, 0.1) is 0 Å². The van der Waals surface area contributed by atoms with Crippen molar-refractivity contribution in [1.82, 2.24) is 9.97 Å². The number of carbonyl (C=O) groups excluding carboxylic acids is 3. The summed E-state index contributed by atoms with van der Waals surface area (Å²) in [7, 11) is 1.34. The molecule has 2 heterocycles. The number of methoxy groups -OCH3 is 1. The number of hydrogen-bond acceptors (Lipinski definition) is 7. The number of imidazole rings is 1. The normalized spacial score (nSPS) is 15.0. The Labute approximate surface area is 253 Å². The van der Waals surface area contributed by atoms with Crippen molar-refractivity contribution in [2.24, 2.45) is 0 Å². The Morgan fingerprint density at radius 3 is 2.49 bits per heavy atom. The van der Waals surface area contributed by atoms with Gasteiger partial charge in [-0.1, -0.05) is 67.6 Å². The van der Waals surface area contributed by atoms with Gasteiger partial charge in [-0.15, -0.1) is 11.3 Å².